The maximum absolute atomic E-state index is 13.3. The summed E-state index contributed by atoms with van der Waals surface area (Å²) in [6, 6.07) is 3.10. The van der Waals surface area contributed by atoms with Crippen LogP contribution in [0.3, 0.4) is 0 Å². The standard InChI is InChI=1S/C20H29N3O5/c1-15(2)14-23-19(26)22(9-5-12-27-3)18(25)20(23)7-10-21(11-8-20)17(24)16-6-4-13-28-16/h4,6,13,15H,5,7-12,14H2,1-3H3. The molecule has 2 saturated heterocycles. The van der Waals surface area contributed by atoms with Gasteiger partial charge in [-0.05, 0) is 37.3 Å². The minimum Gasteiger partial charge on any atom is -0.459 e. The third-order valence-electron chi connectivity index (χ3n) is 5.51. The lowest BCUT2D eigenvalue weighted by Crippen LogP contribution is -2.58. The van der Waals surface area contributed by atoms with Crippen molar-refractivity contribution < 1.29 is 23.5 Å². The Hall–Kier alpha value is -2.35. The van der Waals surface area contributed by atoms with E-state index < -0.39 is 5.54 Å². The Morgan fingerprint density at radius 1 is 1.29 bits per heavy atom. The molecule has 8 heteroatoms. The van der Waals surface area contributed by atoms with Crippen molar-refractivity contribution in [2.45, 2.75) is 38.6 Å². The van der Waals surface area contributed by atoms with Crippen LogP contribution in [-0.2, 0) is 9.53 Å². The van der Waals surface area contributed by atoms with Gasteiger partial charge in [0.2, 0.25) is 0 Å². The van der Waals surface area contributed by atoms with Gasteiger partial charge in [-0.2, -0.15) is 0 Å². The van der Waals surface area contributed by atoms with E-state index in [-0.39, 0.29) is 23.8 Å². The molecule has 2 aliphatic heterocycles. The third-order valence-corrected chi connectivity index (χ3v) is 5.51. The second-order valence-corrected chi connectivity index (χ2v) is 7.89. The van der Waals surface area contributed by atoms with E-state index in [2.05, 4.69) is 0 Å². The zero-order valence-electron chi connectivity index (χ0n) is 16.8. The predicted molar refractivity (Wildman–Crippen MR) is 102 cm³/mol. The molecular formula is C20H29N3O5. The number of methoxy groups -OCH3 is 1. The molecule has 8 nitrogen and oxygen atoms in total. The highest BCUT2D eigenvalue weighted by molar-refractivity contribution is 6.07. The second-order valence-electron chi connectivity index (χ2n) is 7.89. The summed E-state index contributed by atoms with van der Waals surface area (Å²) in [6.45, 7) is 6.29. The van der Waals surface area contributed by atoms with Crippen LogP contribution in [0.1, 0.15) is 43.7 Å². The van der Waals surface area contributed by atoms with Crippen molar-refractivity contribution in [1.82, 2.24) is 14.7 Å². The summed E-state index contributed by atoms with van der Waals surface area (Å²) < 4.78 is 10.3. The van der Waals surface area contributed by atoms with Gasteiger partial charge in [0.25, 0.3) is 11.8 Å². The molecular weight excluding hydrogens is 362 g/mol. The van der Waals surface area contributed by atoms with Gasteiger partial charge in [-0.3, -0.25) is 14.5 Å². The van der Waals surface area contributed by atoms with E-state index in [1.807, 2.05) is 13.8 Å². The first-order valence-corrected chi connectivity index (χ1v) is 9.86. The number of nitrogens with zero attached hydrogens (tertiary/aromatic N) is 3. The van der Waals surface area contributed by atoms with E-state index in [0.717, 1.165) is 0 Å². The first kappa shape index (κ1) is 20.4. The van der Waals surface area contributed by atoms with Crippen molar-refractivity contribution in [3.05, 3.63) is 24.2 Å². The molecule has 2 fully saturated rings. The maximum Gasteiger partial charge on any atom is 0.327 e. The first-order valence-electron chi connectivity index (χ1n) is 9.86. The number of hydrogen-bond acceptors (Lipinski definition) is 5. The van der Waals surface area contributed by atoms with E-state index in [0.29, 0.717) is 57.8 Å². The number of carbonyl (C=O) groups excluding carboxylic acids is 3. The van der Waals surface area contributed by atoms with E-state index in [4.69, 9.17) is 9.15 Å². The van der Waals surface area contributed by atoms with Gasteiger partial charge < -0.3 is 19.0 Å². The molecule has 154 valence electrons. The van der Waals surface area contributed by atoms with Gasteiger partial charge in [0, 0.05) is 39.9 Å². The Labute approximate surface area is 165 Å². The fourth-order valence-electron chi connectivity index (χ4n) is 4.08. The molecule has 4 amide bonds. The molecule has 2 aliphatic rings. The average molecular weight is 391 g/mol. The molecule has 1 aromatic heterocycles. The van der Waals surface area contributed by atoms with Gasteiger partial charge in [-0.15, -0.1) is 0 Å². The van der Waals surface area contributed by atoms with Crippen molar-refractivity contribution in [2.75, 3.05) is 39.9 Å². The Bertz CT molecular complexity index is 707. The number of amides is 4. The molecule has 3 heterocycles. The van der Waals surface area contributed by atoms with Crippen LogP contribution in [-0.4, -0.2) is 78.0 Å². The van der Waals surface area contributed by atoms with Crippen LogP contribution in [0, 0.1) is 5.92 Å². The van der Waals surface area contributed by atoms with Crippen LogP contribution in [0.2, 0.25) is 0 Å². The minimum absolute atomic E-state index is 0.139. The molecule has 0 aliphatic carbocycles. The maximum atomic E-state index is 13.3. The van der Waals surface area contributed by atoms with E-state index in [9.17, 15) is 14.4 Å². The smallest absolute Gasteiger partial charge is 0.327 e. The molecule has 0 N–H and O–H groups in total. The monoisotopic (exact) mass is 391 g/mol. The first-order chi connectivity index (χ1) is 13.4. The molecule has 0 saturated carbocycles. The number of carbonyl (C=O) groups is 3. The minimum atomic E-state index is -0.853. The average Bonchev–Trinajstić information content (AvgIpc) is 3.27. The Balaban J connectivity index is 1.76. The van der Waals surface area contributed by atoms with Crippen molar-refractivity contribution in [3.63, 3.8) is 0 Å². The zero-order chi connectivity index (χ0) is 20.3. The van der Waals surface area contributed by atoms with Crippen molar-refractivity contribution >= 4 is 17.8 Å². The topological polar surface area (TPSA) is 83.3 Å². The highest BCUT2D eigenvalue weighted by Crippen LogP contribution is 2.38. The van der Waals surface area contributed by atoms with E-state index in [1.165, 1.54) is 11.2 Å². The van der Waals surface area contributed by atoms with Crippen molar-refractivity contribution in [2.24, 2.45) is 5.92 Å². The Morgan fingerprint density at radius 3 is 2.57 bits per heavy atom. The molecule has 0 radical (unpaired) electrons. The lowest BCUT2D eigenvalue weighted by atomic mass is 9.85. The summed E-state index contributed by atoms with van der Waals surface area (Å²) in [6.07, 6.45) is 2.97. The number of furan rings is 1. The molecule has 1 spiro atoms. The summed E-state index contributed by atoms with van der Waals surface area (Å²) in [7, 11) is 1.60. The Morgan fingerprint density at radius 2 is 2.00 bits per heavy atom. The molecule has 0 aromatic carbocycles. The number of rotatable bonds is 7. The highest BCUT2D eigenvalue weighted by Gasteiger charge is 2.58. The summed E-state index contributed by atoms with van der Waals surface area (Å²) in [5, 5.41) is 0. The van der Waals surface area contributed by atoms with Gasteiger partial charge in [-0.1, -0.05) is 13.8 Å². The summed E-state index contributed by atoms with van der Waals surface area (Å²) in [5.74, 6) is 0.226. The lowest BCUT2D eigenvalue weighted by molar-refractivity contribution is -0.135. The predicted octanol–water partition coefficient (Wildman–Crippen LogP) is 2.21. The SMILES string of the molecule is COCCCN1C(=O)N(CC(C)C)C2(CCN(C(=O)c3ccco3)CC2)C1=O. The summed E-state index contributed by atoms with van der Waals surface area (Å²) >= 11 is 0. The van der Waals surface area contributed by atoms with Gasteiger partial charge in [0.1, 0.15) is 5.54 Å². The van der Waals surface area contributed by atoms with Crippen molar-refractivity contribution in [1.29, 1.82) is 0 Å². The van der Waals surface area contributed by atoms with Crippen LogP contribution in [0.25, 0.3) is 0 Å². The number of likely N-dealkylation sites (tertiary alicyclic amines) is 1. The van der Waals surface area contributed by atoms with Crippen LogP contribution in [0.4, 0.5) is 4.79 Å². The number of urea groups is 1. The van der Waals surface area contributed by atoms with Gasteiger partial charge in [-0.25, -0.2) is 4.79 Å². The zero-order valence-corrected chi connectivity index (χ0v) is 16.8. The normalized spacial score (nSPS) is 19.4. The highest BCUT2D eigenvalue weighted by atomic mass is 16.5. The van der Waals surface area contributed by atoms with Crippen LogP contribution >= 0.6 is 0 Å². The fraction of sp³-hybridized carbons (Fsp3) is 0.650. The van der Waals surface area contributed by atoms with Crippen LogP contribution in [0.15, 0.2) is 22.8 Å². The molecule has 0 atom stereocenters. The van der Waals surface area contributed by atoms with Gasteiger partial charge >= 0.3 is 6.03 Å². The Kier molecular flexibility index (Phi) is 6.07. The molecule has 3 rings (SSSR count). The van der Waals surface area contributed by atoms with Crippen molar-refractivity contribution in [3.8, 4) is 0 Å². The summed E-state index contributed by atoms with van der Waals surface area (Å²) in [5.41, 5.74) is -0.853. The molecule has 0 unspecified atom stereocenters. The second kappa shape index (κ2) is 8.34. The van der Waals surface area contributed by atoms with E-state index in [1.54, 1.807) is 29.0 Å². The van der Waals surface area contributed by atoms with E-state index >= 15 is 0 Å². The quantitative estimate of drug-likeness (QED) is 0.526. The van der Waals surface area contributed by atoms with Gasteiger partial charge in [0.05, 0.1) is 6.26 Å². The lowest BCUT2D eigenvalue weighted by Gasteiger charge is -2.42. The molecule has 28 heavy (non-hydrogen) atoms. The summed E-state index contributed by atoms with van der Waals surface area (Å²) in [4.78, 5) is 43.7. The molecule has 0 bridgehead atoms. The largest absolute Gasteiger partial charge is 0.459 e. The van der Waals surface area contributed by atoms with Crippen LogP contribution in [0.5, 0.6) is 0 Å². The number of hydrogen-bond donors (Lipinski definition) is 0. The van der Waals surface area contributed by atoms with Gasteiger partial charge in [0.15, 0.2) is 5.76 Å². The number of piperidine rings is 1. The fourth-order valence-corrected chi connectivity index (χ4v) is 4.08. The molecule has 1 aromatic rings. The van der Waals surface area contributed by atoms with Crippen LogP contribution < -0.4 is 0 Å². The third kappa shape index (κ3) is 3.65. The number of imide groups is 1. The number of ether oxygens (including phenoxy) is 1.